The molecule has 3 aromatic rings. The third kappa shape index (κ3) is 4.86. The number of carbonyl (C=O) groups excluding carboxylic acids is 1. The van der Waals surface area contributed by atoms with Crippen molar-refractivity contribution in [2.45, 2.75) is 23.7 Å². The van der Waals surface area contributed by atoms with E-state index >= 15 is 0 Å². The predicted octanol–water partition coefficient (Wildman–Crippen LogP) is 4.40. The Labute approximate surface area is 207 Å². The van der Waals surface area contributed by atoms with Crippen molar-refractivity contribution < 1.29 is 14.6 Å². The maximum atomic E-state index is 12.7. The maximum absolute atomic E-state index is 12.7. The summed E-state index contributed by atoms with van der Waals surface area (Å²) in [7, 11) is 0. The van der Waals surface area contributed by atoms with Crippen molar-refractivity contribution in [3.05, 3.63) is 79.4 Å². The number of aliphatic hydroxyl groups is 1. The molecule has 10 heteroatoms. The van der Waals surface area contributed by atoms with Crippen LogP contribution in [0, 0.1) is 6.92 Å². The Kier molecular flexibility index (Phi) is 7.21. The first-order valence-corrected chi connectivity index (χ1v) is 12.6. The van der Waals surface area contributed by atoms with E-state index in [1.54, 1.807) is 27.8 Å². The number of aryl methyl sites for hydroxylation is 1. The quantitative estimate of drug-likeness (QED) is 0.244. The van der Waals surface area contributed by atoms with E-state index in [0.29, 0.717) is 32.4 Å². The summed E-state index contributed by atoms with van der Waals surface area (Å²) in [5, 5.41) is 13.2. The summed E-state index contributed by atoms with van der Waals surface area (Å²) in [5.74, 6) is 0. The first kappa shape index (κ1) is 23.2. The number of anilines is 1. The van der Waals surface area contributed by atoms with Crippen LogP contribution in [0.3, 0.4) is 0 Å². The Balaban J connectivity index is 1.45. The average molecular weight is 586 g/mol. The first-order valence-electron chi connectivity index (χ1n) is 9.89. The molecule has 1 fully saturated rings. The van der Waals surface area contributed by atoms with Crippen molar-refractivity contribution in [2.75, 3.05) is 18.0 Å². The fourth-order valence-electron chi connectivity index (χ4n) is 3.57. The standard InChI is InChI=1S/C22H21ClIN3O4S/c1-13-9-15(4-5-17(13)26-8-2-3-14(10-24)21(26)29)27-12-16(31-22(27)30)11-25-20(28)18-6-7-19(23)32-18/h2-9,16,20,25,28H,10-12H2,1H3/t16-,20?/m0/s1. The zero-order chi connectivity index (χ0) is 22.8. The number of nitrogens with one attached hydrogen (secondary N) is 1. The number of aromatic nitrogens is 1. The smallest absolute Gasteiger partial charge is 0.414 e. The zero-order valence-corrected chi connectivity index (χ0v) is 20.9. The van der Waals surface area contributed by atoms with Gasteiger partial charge in [-0.1, -0.05) is 40.3 Å². The van der Waals surface area contributed by atoms with E-state index in [2.05, 4.69) is 27.9 Å². The summed E-state index contributed by atoms with van der Waals surface area (Å²) in [5.41, 5.74) is 3.03. The lowest BCUT2D eigenvalue weighted by molar-refractivity contribution is 0.103. The normalized spacial score (nSPS) is 16.9. The fourth-order valence-corrected chi connectivity index (χ4v) is 5.17. The second-order valence-electron chi connectivity index (χ2n) is 7.38. The number of nitrogens with zero attached hydrogens (tertiary/aromatic N) is 2. The predicted molar refractivity (Wildman–Crippen MR) is 134 cm³/mol. The summed E-state index contributed by atoms with van der Waals surface area (Å²) >= 11 is 9.38. The monoisotopic (exact) mass is 585 g/mol. The van der Waals surface area contributed by atoms with Gasteiger partial charge in [-0.15, -0.1) is 11.3 Å². The molecule has 0 aliphatic carbocycles. The van der Waals surface area contributed by atoms with Crippen molar-refractivity contribution in [1.82, 2.24) is 9.88 Å². The molecular weight excluding hydrogens is 565 g/mol. The highest BCUT2D eigenvalue weighted by Gasteiger charge is 2.33. The van der Waals surface area contributed by atoms with Crippen LogP contribution in [0.25, 0.3) is 5.69 Å². The summed E-state index contributed by atoms with van der Waals surface area (Å²) < 4.78 is 8.32. The molecule has 2 atom stereocenters. The molecule has 0 bridgehead atoms. The third-order valence-corrected chi connectivity index (χ3v) is 7.30. The molecule has 0 spiro atoms. The highest BCUT2D eigenvalue weighted by molar-refractivity contribution is 14.1. The molecule has 1 aliphatic rings. The van der Waals surface area contributed by atoms with E-state index in [1.807, 2.05) is 37.3 Å². The lowest BCUT2D eigenvalue weighted by Crippen LogP contribution is -2.33. The number of ether oxygens (including phenoxy) is 1. The molecule has 1 unspecified atom stereocenters. The molecule has 3 heterocycles. The lowest BCUT2D eigenvalue weighted by Gasteiger charge is -2.17. The molecule has 32 heavy (non-hydrogen) atoms. The van der Waals surface area contributed by atoms with Gasteiger partial charge < -0.3 is 9.84 Å². The number of carbonyl (C=O) groups is 1. The molecule has 1 saturated heterocycles. The number of aliphatic hydroxyl groups excluding tert-OH is 1. The van der Waals surface area contributed by atoms with E-state index in [9.17, 15) is 14.7 Å². The van der Waals surface area contributed by atoms with E-state index in [-0.39, 0.29) is 5.56 Å². The molecule has 168 valence electrons. The van der Waals surface area contributed by atoms with E-state index in [1.165, 1.54) is 11.3 Å². The zero-order valence-electron chi connectivity index (χ0n) is 17.1. The van der Waals surface area contributed by atoms with Crippen LogP contribution in [0.5, 0.6) is 0 Å². The van der Waals surface area contributed by atoms with E-state index in [4.69, 9.17) is 16.3 Å². The number of thiophene rings is 1. The third-order valence-electron chi connectivity index (χ3n) is 5.20. The summed E-state index contributed by atoms with van der Waals surface area (Å²) in [6.45, 7) is 2.56. The topological polar surface area (TPSA) is 83.8 Å². The largest absolute Gasteiger partial charge is 0.443 e. The number of pyridine rings is 1. The van der Waals surface area contributed by atoms with Crippen LogP contribution < -0.4 is 15.8 Å². The maximum Gasteiger partial charge on any atom is 0.414 e. The first-order chi connectivity index (χ1) is 15.4. The minimum atomic E-state index is -0.876. The van der Waals surface area contributed by atoms with Crippen LogP contribution >= 0.6 is 45.5 Å². The SMILES string of the molecule is Cc1cc(N2C[C@H](CNC(O)c3ccc(Cl)s3)OC2=O)ccc1-n1cccc(CI)c1=O. The molecule has 7 nitrogen and oxygen atoms in total. The van der Waals surface area contributed by atoms with Crippen molar-refractivity contribution in [1.29, 1.82) is 0 Å². The molecule has 4 rings (SSSR count). The van der Waals surface area contributed by atoms with Gasteiger partial charge in [0.1, 0.15) is 12.3 Å². The second-order valence-corrected chi connectivity index (χ2v) is 9.89. The highest BCUT2D eigenvalue weighted by Crippen LogP contribution is 2.27. The lowest BCUT2D eigenvalue weighted by atomic mass is 10.1. The van der Waals surface area contributed by atoms with Gasteiger partial charge in [-0.2, -0.15) is 0 Å². The van der Waals surface area contributed by atoms with Gasteiger partial charge in [0.05, 0.1) is 16.6 Å². The Morgan fingerprint density at radius 2 is 2.12 bits per heavy atom. The Hall–Kier alpha value is -1.92. The number of alkyl halides is 1. The van der Waals surface area contributed by atoms with Crippen molar-refractivity contribution in [3.63, 3.8) is 0 Å². The molecule has 1 amide bonds. The molecule has 0 radical (unpaired) electrons. The van der Waals surface area contributed by atoms with Gasteiger partial charge in [0.25, 0.3) is 5.56 Å². The van der Waals surface area contributed by atoms with Gasteiger partial charge in [0.2, 0.25) is 0 Å². The number of amides is 1. The van der Waals surface area contributed by atoms with Gasteiger partial charge >= 0.3 is 6.09 Å². The Morgan fingerprint density at radius 1 is 1.31 bits per heavy atom. The molecule has 0 saturated carbocycles. The van der Waals surface area contributed by atoms with Crippen molar-refractivity contribution >= 4 is 57.3 Å². The summed E-state index contributed by atoms with van der Waals surface area (Å²) in [6.07, 6.45) is 0.0218. The number of hydrogen-bond donors (Lipinski definition) is 2. The molecule has 1 aromatic carbocycles. The van der Waals surface area contributed by atoms with Crippen LogP contribution in [0.2, 0.25) is 4.34 Å². The molecular formula is C22H21ClIN3O4S. The second kappa shape index (κ2) is 9.92. The number of cyclic esters (lactones) is 1. The number of rotatable bonds is 7. The van der Waals surface area contributed by atoms with Gasteiger partial charge in [0, 0.05) is 33.3 Å². The molecule has 2 N–H and O–H groups in total. The minimum Gasteiger partial charge on any atom is -0.443 e. The van der Waals surface area contributed by atoms with Crippen molar-refractivity contribution in [2.24, 2.45) is 0 Å². The fraction of sp³-hybridized carbons (Fsp3) is 0.273. The highest BCUT2D eigenvalue weighted by atomic mass is 127. The Morgan fingerprint density at radius 3 is 2.81 bits per heavy atom. The van der Waals surface area contributed by atoms with Crippen LogP contribution in [0.4, 0.5) is 10.5 Å². The van der Waals surface area contributed by atoms with E-state index < -0.39 is 18.4 Å². The van der Waals surface area contributed by atoms with Gasteiger partial charge in [-0.25, -0.2) is 4.79 Å². The molecule has 1 aliphatic heterocycles. The summed E-state index contributed by atoms with van der Waals surface area (Å²) in [4.78, 5) is 27.4. The van der Waals surface area contributed by atoms with Crippen LogP contribution in [-0.2, 0) is 9.16 Å². The van der Waals surface area contributed by atoms with Gasteiger partial charge in [-0.05, 0) is 48.9 Å². The number of halogens is 2. The van der Waals surface area contributed by atoms with Gasteiger partial charge in [0.15, 0.2) is 0 Å². The number of hydrogen-bond acceptors (Lipinski definition) is 6. The number of benzene rings is 1. The van der Waals surface area contributed by atoms with Crippen LogP contribution in [0.1, 0.15) is 22.2 Å². The van der Waals surface area contributed by atoms with E-state index in [0.717, 1.165) is 16.8 Å². The van der Waals surface area contributed by atoms with Crippen molar-refractivity contribution in [3.8, 4) is 5.69 Å². The van der Waals surface area contributed by atoms with Crippen LogP contribution in [-0.4, -0.2) is 35.0 Å². The Bertz CT molecular complexity index is 1200. The average Bonchev–Trinajstić information content (AvgIpc) is 3.38. The minimum absolute atomic E-state index is 0.0462. The van der Waals surface area contributed by atoms with Crippen LogP contribution in [0.15, 0.2) is 53.5 Å². The summed E-state index contributed by atoms with van der Waals surface area (Å²) in [6, 6.07) is 12.7. The van der Waals surface area contributed by atoms with Gasteiger partial charge in [-0.3, -0.25) is 19.6 Å². The molecule has 2 aromatic heterocycles.